The number of nitrogens with zero attached hydrogens (tertiary/aromatic N) is 2. The largest absolute Gasteiger partial charge is 0.315 e. The van der Waals surface area contributed by atoms with Crippen LogP contribution in [0.2, 0.25) is 0 Å². The molecule has 2 atom stereocenters. The molecule has 0 aromatic rings. The van der Waals surface area contributed by atoms with Gasteiger partial charge in [-0.3, -0.25) is 9.57 Å². The molecule has 1 saturated heterocycles. The first-order valence-corrected chi connectivity index (χ1v) is 11.5. The monoisotopic (exact) mass is 358 g/mol. The van der Waals surface area contributed by atoms with Gasteiger partial charge in [-0.25, -0.2) is 0 Å². The van der Waals surface area contributed by atoms with Gasteiger partial charge in [-0.1, -0.05) is 46.5 Å². The molecule has 1 aliphatic rings. The first-order chi connectivity index (χ1) is 11.8. The molecule has 24 heavy (non-hydrogen) atoms. The van der Waals surface area contributed by atoms with Gasteiger partial charge in [0.1, 0.15) is 0 Å². The molecule has 144 valence electrons. The van der Waals surface area contributed by atoms with E-state index in [1.807, 2.05) is 0 Å². The third kappa shape index (κ3) is 11.0. The maximum Gasteiger partial charge on any atom is 0.0376 e. The second-order valence-corrected chi connectivity index (χ2v) is 8.65. The summed E-state index contributed by atoms with van der Waals surface area (Å²) in [4.78, 5) is 2.65. The molecule has 0 radical (unpaired) electrons. The summed E-state index contributed by atoms with van der Waals surface area (Å²) in [6.07, 6.45) is 9.24. The molecule has 5 heteroatoms. The molecule has 1 fully saturated rings. The minimum atomic E-state index is 0.712. The molecule has 0 aromatic carbocycles. The molecule has 0 aromatic heterocycles. The number of unbranched alkanes of at least 4 members (excludes halogenated alkanes) is 3. The summed E-state index contributed by atoms with van der Waals surface area (Å²) in [6, 6.07) is 0. The summed E-state index contributed by atoms with van der Waals surface area (Å²) in [5, 5.41) is 7.45. The van der Waals surface area contributed by atoms with Gasteiger partial charge in [-0.15, -0.1) is 0 Å². The number of hydrogen-bond donors (Lipinski definition) is 2. The van der Waals surface area contributed by atoms with E-state index < -0.39 is 0 Å². The van der Waals surface area contributed by atoms with Crippen molar-refractivity contribution >= 4 is 8.73 Å². The van der Waals surface area contributed by atoms with Crippen molar-refractivity contribution in [1.29, 1.82) is 0 Å². The van der Waals surface area contributed by atoms with Crippen LogP contribution in [0.4, 0.5) is 0 Å². The molecular formula is C19H43N4P. The van der Waals surface area contributed by atoms with Crippen molar-refractivity contribution < 1.29 is 0 Å². The quantitative estimate of drug-likeness (QED) is 0.413. The maximum atomic E-state index is 3.85. The Bertz CT molecular complexity index is 278. The van der Waals surface area contributed by atoms with Gasteiger partial charge in [0.15, 0.2) is 0 Å². The lowest BCUT2D eigenvalue weighted by Crippen LogP contribution is -2.39. The van der Waals surface area contributed by atoms with Crippen molar-refractivity contribution in [3.63, 3.8) is 0 Å². The molecule has 0 amide bonds. The average Bonchev–Trinajstić information content (AvgIpc) is 2.69. The van der Waals surface area contributed by atoms with Gasteiger partial charge in [0.2, 0.25) is 0 Å². The Morgan fingerprint density at radius 3 is 2.46 bits per heavy atom. The highest BCUT2D eigenvalue weighted by atomic mass is 31.1. The predicted molar refractivity (Wildman–Crippen MR) is 110 cm³/mol. The Morgan fingerprint density at radius 2 is 1.71 bits per heavy atom. The lowest BCUT2D eigenvalue weighted by Gasteiger charge is -2.27. The van der Waals surface area contributed by atoms with E-state index >= 15 is 0 Å². The van der Waals surface area contributed by atoms with Crippen LogP contribution in [0.15, 0.2) is 0 Å². The zero-order valence-electron chi connectivity index (χ0n) is 16.6. The molecule has 4 nitrogen and oxygen atoms in total. The summed E-state index contributed by atoms with van der Waals surface area (Å²) in [5.74, 6) is 0.712. The van der Waals surface area contributed by atoms with Crippen molar-refractivity contribution in [2.24, 2.45) is 0 Å². The third-order valence-corrected chi connectivity index (χ3v) is 6.40. The standard InChI is InChI=1S/C19H43N4P/c1-4-7-10-19-21-13-16-22(15-12-20-11-8-5-2)17-18-23(24-19)14-9-6-3/h19-21,24H,4-18H2,1-3H3. The Kier molecular flexibility index (Phi) is 14.4. The van der Waals surface area contributed by atoms with E-state index in [2.05, 4.69) is 41.0 Å². The fourth-order valence-corrected chi connectivity index (χ4v) is 4.62. The van der Waals surface area contributed by atoms with E-state index in [1.54, 1.807) is 0 Å². The van der Waals surface area contributed by atoms with Crippen LogP contribution in [-0.4, -0.2) is 67.7 Å². The molecule has 0 bridgehead atoms. The van der Waals surface area contributed by atoms with Gasteiger partial charge in [-0.05, 0) is 34.5 Å². The smallest absolute Gasteiger partial charge is 0.0376 e. The van der Waals surface area contributed by atoms with E-state index in [9.17, 15) is 0 Å². The van der Waals surface area contributed by atoms with Gasteiger partial charge in [0, 0.05) is 51.6 Å². The van der Waals surface area contributed by atoms with Crippen LogP contribution in [0.1, 0.15) is 65.7 Å². The number of rotatable bonds is 12. The normalized spacial score (nSPS) is 22.4. The highest BCUT2D eigenvalue weighted by Crippen LogP contribution is 2.27. The second-order valence-electron chi connectivity index (χ2n) is 7.06. The molecule has 0 spiro atoms. The minimum Gasteiger partial charge on any atom is -0.315 e. The molecule has 0 saturated carbocycles. The van der Waals surface area contributed by atoms with Crippen LogP contribution in [0.3, 0.4) is 0 Å². The first-order valence-electron chi connectivity index (χ1n) is 10.5. The van der Waals surface area contributed by atoms with E-state index in [1.165, 1.54) is 84.2 Å². The van der Waals surface area contributed by atoms with Crippen molar-refractivity contribution in [3.8, 4) is 0 Å². The van der Waals surface area contributed by atoms with Crippen LogP contribution >= 0.6 is 8.73 Å². The van der Waals surface area contributed by atoms with Crippen molar-refractivity contribution in [2.75, 3.05) is 52.4 Å². The maximum absolute atomic E-state index is 3.85. The van der Waals surface area contributed by atoms with Crippen LogP contribution in [0.5, 0.6) is 0 Å². The molecule has 1 rings (SSSR count). The topological polar surface area (TPSA) is 30.5 Å². The molecule has 0 aliphatic carbocycles. The van der Waals surface area contributed by atoms with Crippen LogP contribution in [0.25, 0.3) is 0 Å². The van der Waals surface area contributed by atoms with Gasteiger partial charge < -0.3 is 10.6 Å². The molecule has 2 N–H and O–H groups in total. The Balaban J connectivity index is 2.41. The fourth-order valence-electron chi connectivity index (χ4n) is 3.09. The lowest BCUT2D eigenvalue weighted by atomic mass is 10.2. The Morgan fingerprint density at radius 1 is 0.917 bits per heavy atom. The summed E-state index contributed by atoms with van der Waals surface area (Å²) >= 11 is 0. The molecule has 1 aliphatic heterocycles. The third-order valence-electron chi connectivity index (χ3n) is 4.78. The zero-order valence-corrected chi connectivity index (χ0v) is 17.6. The van der Waals surface area contributed by atoms with Crippen molar-refractivity contribution in [1.82, 2.24) is 20.2 Å². The van der Waals surface area contributed by atoms with Crippen molar-refractivity contribution in [2.45, 2.75) is 71.5 Å². The summed E-state index contributed by atoms with van der Waals surface area (Å²) < 4.78 is 2.74. The zero-order chi connectivity index (χ0) is 17.5. The lowest BCUT2D eigenvalue weighted by molar-refractivity contribution is 0.256. The highest BCUT2D eigenvalue weighted by Gasteiger charge is 2.17. The van der Waals surface area contributed by atoms with Crippen molar-refractivity contribution in [3.05, 3.63) is 0 Å². The summed E-state index contributed by atoms with van der Waals surface area (Å²) in [6.45, 7) is 16.5. The SMILES string of the molecule is CCCCNCCN1CCNC(CCCC)PN(CCCC)CC1. The predicted octanol–water partition coefficient (Wildman–Crippen LogP) is 3.49. The molecule has 1 heterocycles. The van der Waals surface area contributed by atoms with E-state index in [4.69, 9.17) is 0 Å². The van der Waals surface area contributed by atoms with Gasteiger partial charge in [0.25, 0.3) is 0 Å². The Labute approximate surface area is 153 Å². The van der Waals surface area contributed by atoms with E-state index in [0.717, 1.165) is 21.8 Å². The highest BCUT2D eigenvalue weighted by molar-refractivity contribution is 7.36. The van der Waals surface area contributed by atoms with Crippen LogP contribution in [0, 0.1) is 0 Å². The number of hydrogen-bond acceptors (Lipinski definition) is 4. The molecular weight excluding hydrogens is 315 g/mol. The molecule has 2 unspecified atom stereocenters. The van der Waals surface area contributed by atoms with E-state index in [0.29, 0.717) is 5.78 Å². The first kappa shape index (κ1) is 22.3. The minimum absolute atomic E-state index is 0.712. The van der Waals surface area contributed by atoms with Gasteiger partial charge in [-0.2, -0.15) is 0 Å². The van der Waals surface area contributed by atoms with E-state index in [-0.39, 0.29) is 0 Å². The summed E-state index contributed by atoms with van der Waals surface area (Å²) in [5.41, 5.74) is 0. The van der Waals surface area contributed by atoms with Gasteiger partial charge in [0.05, 0.1) is 0 Å². The van der Waals surface area contributed by atoms with Crippen LogP contribution in [-0.2, 0) is 0 Å². The number of nitrogens with one attached hydrogen (secondary N) is 2. The second kappa shape index (κ2) is 15.5. The fraction of sp³-hybridized carbons (Fsp3) is 1.00. The summed E-state index contributed by atoms with van der Waals surface area (Å²) in [7, 11) is 0.960. The Hall–Kier alpha value is 0.270. The average molecular weight is 359 g/mol. The van der Waals surface area contributed by atoms with Crippen LogP contribution < -0.4 is 10.6 Å². The van der Waals surface area contributed by atoms with Gasteiger partial charge >= 0.3 is 0 Å².